The predicted octanol–water partition coefficient (Wildman–Crippen LogP) is 1.98. The maximum Gasteiger partial charge on any atom is 0.137 e. The van der Waals surface area contributed by atoms with Gasteiger partial charge in [0, 0.05) is 6.26 Å². The Kier molecular flexibility index (Phi) is 3.24. The number of benzene rings is 1. The fourth-order valence-electron chi connectivity index (χ4n) is 1.25. The molecule has 1 heterocycles. The number of hydrogen-bond donors (Lipinski definition) is 0. The molecule has 0 N–H and O–H groups in total. The predicted molar refractivity (Wildman–Crippen MR) is 59.7 cm³/mol. The van der Waals surface area contributed by atoms with Crippen LogP contribution < -0.4 is 4.18 Å². The quantitative estimate of drug-likeness (QED) is 0.740. The Hall–Kier alpha value is -1.49. The second kappa shape index (κ2) is 4.84. The van der Waals surface area contributed by atoms with Crippen molar-refractivity contribution in [2.75, 3.05) is 6.26 Å². The summed E-state index contributed by atoms with van der Waals surface area (Å²) >= 11 is 1.34. The molecule has 0 fully saturated rings. The minimum absolute atomic E-state index is 0.736. The molecule has 2 rings (SSSR count). The number of nitrogens with zero attached hydrogens (tertiary/aromatic N) is 3. The van der Waals surface area contributed by atoms with Crippen LogP contribution in [0.5, 0.6) is 5.75 Å². The van der Waals surface area contributed by atoms with Gasteiger partial charge in [0.2, 0.25) is 0 Å². The Morgan fingerprint density at radius 2 is 2.13 bits per heavy atom. The van der Waals surface area contributed by atoms with Gasteiger partial charge in [0.1, 0.15) is 18.4 Å². The SMILES string of the molecule is CSOc1ccc(Cn2cncn2)cc1. The fourth-order valence-corrected chi connectivity index (χ4v) is 1.55. The highest BCUT2D eigenvalue weighted by Gasteiger charge is 1.97. The third-order valence-electron chi connectivity index (χ3n) is 1.91. The summed E-state index contributed by atoms with van der Waals surface area (Å²) in [6.07, 6.45) is 5.13. The van der Waals surface area contributed by atoms with E-state index in [0.717, 1.165) is 12.3 Å². The highest BCUT2D eigenvalue weighted by molar-refractivity contribution is 7.94. The zero-order valence-electron chi connectivity index (χ0n) is 8.33. The molecule has 4 nitrogen and oxygen atoms in total. The normalized spacial score (nSPS) is 10.2. The maximum absolute atomic E-state index is 5.28. The first-order valence-corrected chi connectivity index (χ1v) is 5.65. The molecule has 0 bridgehead atoms. The lowest BCUT2D eigenvalue weighted by Gasteiger charge is -2.03. The molecule has 0 spiro atoms. The largest absolute Gasteiger partial charge is 0.426 e. The van der Waals surface area contributed by atoms with E-state index in [9.17, 15) is 0 Å². The monoisotopic (exact) mass is 221 g/mol. The van der Waals surface area contributed by atoms with Crippen molar-refractivity contribution in [1.29, 1.82) is 0 Å². The van der Waals surface area contributed by atoms with Crippen LogP contribution in [0.25, 0.3) is 0 Å². The summed E-state index contributed by atoms with van der Waals surface area (Å²) in [5, 5.41) is 4.04. The van der Waals surface area contributed by atoms with Gasteiger partial charge in [-0.05, 0) is 17.7 Å². The van der Waals surface area contributed by atoms with Crippen molar-refractivity contribution in [3.05, 3.63) is 42.5 Å². The van der Waals surface area contributed by atoms with Gasteiger partial charge in [-0.2, -0.15) is 5.10 Å². The van der Waals surface area contributed by atoms with E-state index < -0.39 is 0 Å². The fraction of sp³-hybridized carbons (Fsp3) is 0.200. The van der Waals surface area contributed by atoms with E-state index >= 15 is 0 Å². The molecule has 15 heavy (non-hydrogen) atoms. The van der Waals surface area contributed by atoms with Crippen LogP contribution in [0.2, 0.25) is 0 Å². The van der Waals surface area contributed by atoms with Crippen LogP contribution in [0.15, 0.2) is 36.9 Å². The lowest BCUT2D eigenvalue weighted by atomic mass is 10.2. The van der Waals surface area contributed by atoms with E-state index in [4.69, 9.17) is 4.18 Å². The second-order valence-electron chi connectivity index (χ2n) is 2.99. The van der Waals surface area contributed by atoms with E-state index in [1.54, 1.807) is 11.0 Å². The summed E-state index contributed by atoms with van der Waals surface area (Å²) in [5.74, 6) is 0.866. The molecule has 78 valence electrons. The highest BCUT2D eigenvalue weighted by Crippen LogP contribution is 2.16. The zero-order chi connectivity index (χ0) is 10.5. The van der Waals surface area contributed by atoms with Gasteiger partial charge in [-0.3, -0.25) is 0 Å². The third-order valence-corrected chi connectivity index (χ3v) is 2.27. The van der Waals surface area contributed by atoms with E-state index in [1.807, 2.05) is 30.5 Å². The van der Waals surface area contributed by atoms with E-state index in [2.05, 4.69) is 10.1 Å². The third kappa shape index (κ3) is 2.73. The van der Waals surface area contributed by atoms with E-state index in [1.165, 1.54) is 23.9 Å². The molecule has 0 saturated heterocycles. The molecule has 0 atom stereocenters. The second-order valence-corrected chi connectivity index (χ2v) is 3.49. The Morgan fingerprint density at radius 3 is 2.73 bits per heavy atom. The van der Waals surface area contributed by atoms with Crippen LogP contribution in [-0.4, -0.2) is 21.0 Å². The van der Waals surface area contributed by atoms with Gasteiger partial charge in [0.25, 0.3) is 0 Å². The van der Waals surface area contributed by atoms with Crippen molar-refractivity contribution in [2.45, 2.75) is 6.54 Å². The van der Waals surface area contributed by atoms with Crippen molar-refractivity contribution in [3.8, 4) is 5.75 Å². The van der Waals surface area contributed by atoms with Crippen LogP contribution in [0.4, 0.5) is 0 Å². The minimum atomic E-state index is 0.736. The summed E-state index contributed by atoms with van der Waals surface area (Å²) in [6.45, 7) is 0.736. The van der Waals surface area contributed by atoms with Crippen LogP contribution in [0, 0.1) is 0 Å². The van der Waals surface area contributed by atoms with Gasteiger partial charge in [-0.15, -0.1) is 0 Å². The van der Waals surface area contributed by atoms with Gasteiger partial charge >= 0.3 is 0 Å². The maximum atomic E-state index is 5.28. The summed E-state index contributed by atoms with van der Waals surface area (Å²) in [7, 11) is 0. The van der Waals surface area contributed by atoms with Gasteiger partial charge in [0.15, 0.2) is 0 Å². The molecular formula is C10H11N3OS. The van der Waals surface area contributed by atoms with Crippen LogP contribution in [0.1, 0.15) is 5.56 Å². The molecule has 5 heteroatoms. The van der Waals surface area contributed by atoms with Gasteiger partial charge in [-0.1, -0.05) is 12.1 Å². The molecule has 0 aliphatic carbocycles. The van der Waals surface area contributed by atoms with Crippen molar-refractivity contribution in [3.63, 3.8) is 0 Å². The van der Waals surface area contributed by atoms with Crippen LogP contribution in [-0.2, 0) is 6.54 Å². The van der Waals surface area contributed by atoms with Crippen molar-refractivity contribution >= 4 is 12.0 Å². The summed E-state index contributed by atoms with van der Waals surface area (Å²) in [6, 6.07) is 7.94. The Bertz CT molecular complexity index is 399. The Balaban J connectivity index is 2.04. The highest BCUT2D eigenvalue weighted by atomic mass is 32.2. The van der Waals surface area contributed by atoms with Crippen molar-refractivity contribution in [1.82, 2.24) is 14.8 Å². The number of rotatable bonds is 4. The van der Waals surface area contributed by atoms with Crippen LogP contribution >= 0.6 is 12.0 Å². The van der Waals surface area contributed by atoms with Gasteiger partial charge < -0.3 is 4.18 Å². The Morgan fingerprint density at radius 1 is 1.33 bits per heavy atom. The van der Waals surface area contributed by atoms with Gasteiger partial charge in [0.05, 0.1) is 18.6 Å². The van der Waals surface area contributed by atoms with Crippen molar-refractivity contribution < 1.29 is 4.18 Å². The standard InChI is InChI=1S/C10H11N3OS/c1-15-14-10-4-2-9(3-5-10)6-13-8-11-7-12-13/h2-5,7-8H,6H2,1H3. The lowest BCUT2D eigenvalue weighted by molar-refractivity contribution is 0.646. The van der Waals surface area contributed by atoms with E-state index in [-0.39, 0.29) is 0 Å². The van der Waals surface area contributed by atoms with Gasteiger partial charge in [-0.25, -0.2) is 9.67 Å². The van der Waals surface area contributed by atoms with Crippen LogP contribution in [0.3, 0.4) is 0 Å². The lowest BCUT2D eigenvalue weighted by Crippen LogP contribution is -1.99. The molecule has 1 aromatic carbocycles. The summed E-state index contributed by atoms with van der Waals surface area (Å²) < 4.78 is 7.06. The summed E-state index contributed by atoms with van der Waals surface area (Å²) in [5.41, 5.74) is 1.17. The Labute approximate surface area is 92.5 Å². The first-order valence-electron chi connectivity index (χ1n) is 4.50. The molecule has 0 aliphatic rings. The zero-order valence-corrected chi connectivity index (χ0v) is 9.15. The first-order chi connectivity index (χ1) is 7.38. The topological polar surface area (TPSA) is 39.9 Å². The minimum Gasteiger partial charge on any atom is -0.426 e. The molecule has 0 amide bonds. The molecule has 1 aromatic heterocycles. The average molecular weight is 221 g/mol. The number of hydrogen-bond acceptors (Lipinski definition) is 4. The average Bonchev–Trinajstić information content (AvgIpc) is 2.74. The molecule has 0 radical (unpaired) electrons. The molecule has 2 aromatic rings. The first kappa shape index (κ1) is 10.0. The smallest absolute Gasteiger partial charge is 0.137 e. The molecule has 0 saturated carbocycles. The molecular weight excluding hydrogens is 210 g/mol. The summed E-state index contributed by atoms with van der Waals surface area (Å²) in [4.78, 5) is 3.89. The van der Waals surface area contributed by atoms with E-state index in [0.29, 0.717) is 0 Å². The molecule has 0 aliphatic heterocycles. The number of aromatic nitrogens is 3. The molecule has 0 unspecified atom stereocenters. The van der Waals surface area contributed by atoms with Crippen molar-refractivity contribution in [2.24, 2.45) is 0 Å².